The molecule has 0 radical (unpaired) electrons. The number of rotatable bonds is 8. The van der Waals surface area contributed by atoms with E-state index in [1.807, 2.05) is 95.9 Å². The van der Waals surface area contributed by atoms with Gasteiger partial charge in [0.15, 0.2) is 20.9 Å². The number of Topliss-reactive ketones (excluding diaryl/α,β-unsaturated/α-hetero) is 1. The zero-order chi connectivity index (χ0) is 29.0. The Balaban J connectivity index is 1.80. The van der Waals surface area contributed by atoms with Gasteiger partial charge in [0, 0.05) is 17.1 Å². The van der Waals surface area contributed by atoms with E-state index in [4.69, 9.17) is 16.3 Å². The van der Waals surface area contributed by atoms with Crippen molar-refractivity contribution in [3.8, 4) is 0 Å². The molecule has 1 aliphatic rings. The van der Waals surface area contributed by atoms with Crippen molar-refractivity contribution < 1.29 is 22.7 Å². The Hall–Kier alpha value is -3.78. The number of hydrogen-bond donors (Lipinski definition) is 0. The number of sulfone groups is 1. The van der Waals surface area contributed by atoms with Crippen LogP contribution in [0.15, 0.2) is 115 Å². The quantitative estimate of drug-likeness (QED) is 0.179. The van der Waals surface area contributed by atoms with Crippen molar-refractivity contribution in [3.63, 3.8) is 0 Å². The molecule has 41 heavy (non-hydrogen) atoms. The molecule has 5 rings (SSSR count). The molecule has 0 aromatic heterocycles. The monoisotopic (exact) mass is 587 g/mol. The van der Waals surface area contributed by atoms with Crippen LogP contribution in [0.2, 0.25) is 5.02 Å². The fraction of sp³-hybridized carbons (Fsp3) is 0.212. The lowest BCUT2D eigenvalue weighted by molar-refractivity contribution is -0.144. The van der Waals surface area contributed by atoms with Crippen LogP contribution in [0.4, 0.5) is 0 Å². The van der Waals surface area contributed by atoms with E-state index in [0.29, 0.717) is 16.1 Å². The van der Waals surface area contributed by atoms with Gasteiger partial charge in [-0.15, -0.1) is 0 Å². The minimum atomic E-state index is -4.46. The van der Waals surface area contributed by atoms with Crippen molar-refractivity contribution in [1.29, 1.82) is 0 Å². The molecule has 1 fully saturated rings. The Bertz CT molecular complexity index is 1600. The van der Waals surface area contributed by atoms with Gasteiger partial charge >= 0.3 is 5.97 Å². The minimum Gasteiger partial charge on any atom is -0.465 e. The van der Waals surface area contributed by atoms with Crippen LogP contribution in [0.1, 0.15) is 46.1 Å². The molecule has 0 saturated carbocycles. The highest BCUT2D eigenvalue weighted by atomic mass is 35.5. The second kappa shape index (κ2) is 12.4. The zero-order valence-corrected chi connectivity index (χ0v) is 24.0. The topological polar surface area (TPSA) is 80.8 Å². The number of ether oxygens (including phenoxy) is 1. The third-order valence-corrected chi connectivity index (χ3v) is 9.98. The summed E-state index contributed by atoms with van der Waals surface area (Å²) in [6, 6.07) is 32.2. The Labute approximate surface area is 245 Å². The van der Waals surface area contributed by atoms with E-state index in [9.17, 15) is 18.0 Å². The summed E-state index contributed by atoms with van der Waals surface area (Å²) in [6.07, 6.45) is 0. The molecule has 0 bridgehead atoms. The molecule has 6 nitrogen and oxygen atoms in total. The van der Waals surface area contributed by atoms with Gasteiger partial charge in [0.2, 0.25) is 0 Å². The van der Waals surface area contributed by atoms with E-state index in [1.165, 1.54) is 12.1 Å². The minimum absolute atomic E-state index is 0.00294. The lowest BCUT2D eigenvalue weighted by atomic mass is 9.90. The maximum atomic E-state index is 14.7. The molecule has 4 aromatic carbocycles. The summed E-state index contributed by atoms with van der Waals surface area (Å²) in [5, 5.41) is -2.79. The van der Waals surface area contributed by atoms with Crippen molar-refractivity contribution in [2.24, 2.45) is 0 Å². The van der Waals surface area contributed by atoms with E-state index in [1.54, 1.807) is 19.1 Å². The number of benzene rings is 4. The summed E-state index contributed by atoms with van der Waals surface area (Å²) in [5.74, 6) is -1.48. The van der Waals surface area contributed by atoms with Gasteiger partial charge in [-0.2, -0.15) is 0 Å². The first-order valence-electron chi connectivity index (χ1n) is 13.4. The Morgan fingerprint density at radius 2 is 1.22 bits per heavy atom. The molecular formula is C33H30ClNO5S. The van der Waals surface area contributed by atoms with Crippen molar-refractivity contribution in [3.05, 3.63) is 143 Å². The largest absolute Gasteiger partial charge is 0.465 e. The van der Waals surface area contributed by atoms with Crippen molar-refractivity contribution in [2.75, 3.05) is 6.61 Å². The summed E-state index contributed by atoms with van der Waals surface area (Å²) in [4.78, 5) is 29.9. The molecule has 8 heteroatoms. The van der Waals surface area contributed by atoms with Gasteiger partial charge in [-0.1, -0.05) is 103 Å². The van der Waals surface area contributed by atoms with Gasteiger partial charge in [0.1, 0.15) is 5.25 Å². The van der Waals surface area contributed by atoms with Gasteiger partial charge in [-0.25, -0.2) is 8.42 Å². The number of carbonyl (C=O) groups is 2. The predicted octanol–water partition coefficient (Wildman–Crippen LogP) is 6.24. The lowest BCUT2D eigenvalue weighted by Crippen LogP contribution is -2.60. The normalized spacial score (nSPS) is 22.1. The summed E-state index contributed by atoms with van der Waals surface area (Å²) >= 11 is 6.08. The third kappa shape index (κ3) is 5.84. The maximum absolute atomic E-state index is 14.7. The van der Waals surface area contributed by atoms with Crippen LogP contribution in [0.25, 0.3) is 0 Å². The lowest BCUT2D eigenvalue weighted by Gasteiger charge is -2.48. The summed E-state index contributed by atoms with van der Waals surface area (Å²) in [6.45, 7) is 1.93. The van der Waals surface area contributed by atoms with Crippen LogP contribution >= 0.6 is 11.6 Å². The smallest absolute Gasteiger partial charge is 0.326 e. The first kappa shape index (κ1) is 28.7. The molecule has 1 heterocycles. The summed E-state index contributed by atoms with van der Waals surface area (Å²) in [5.41, 5.74) is 2.41. The first-order valence-corrected chi connectivity index (χ1v) is 15.4. The first-order chi connectivity index (χ1) is 19.8. The summed E-state index contributed by atoms with van der Waals surface area (Å²) < 4.78 is 34.8. The molecule has 0 spiro atoms. The van der Waals surface area contributed by atoms with Gasteiger partial charge < -0.3 is 4.74 Å². The maximum Gasteiger partial charge on any atom is 0.326 e. The fourth-order valence-corrected chi connectivity index (χ4v) is 8.18. The number of hydrogen-bond acceptors (Lipinski definition) is 6. The van der Waals surface area contributed by atoms with E-state index in [2.05, 4.69) is 0 Å². The average molecular weight is 588 g/mol. The highest BCUT2D eigenvalue weighted by Gasteiger charge is 2.59. The van der Waals surface area contributed by atoms with Gasteiger partial charge in [-0.3, -0.25) is 14.5 Å². The third-order valence-electron chi connectivity index (χ3n) is 7.39. The van der Waals surface area contributed by atoms with E-state index in [0.717, 1.165) is 5.56 Å². The van der Waals surface area contributed by atoms with Gasteiger partial charge in [-0.05, 0) is 47.9 Å². The summed E-state index contributed by atoms with van der Waals surface area (Å²) in [7, 11) is -4.46. The number of carbonyl (C=O) groups excluding carboxylic acids is 2. The molecule has 210 valence electrons. The standard InChI is InChI=1S/C33H30ClNO5S/c1-2-40-33(37)32-29(25-16-10-5-11-17-25)35(22-23-12-6-3-7-13-23)28(24-14-8-4-9-15-24)31(41(32,38)39)30(36)26-18-20-27(34)21-19-26/h3-21,28-29,31-32H,2,22H2,1H3. The van der Waals surface area contributed by atoms with E-state index in [-0.39, 0.29) is 18.7 Å². The Kier molecular flexibility index (Phi) is 8.68. The fourth-order valence-electron chi connectivity index (χ4n) is 5.62. The highest BCUT2D eigenvalue weighted by molar-refractivity contribution is 7.94. The number of ketones is 1. The number of esters is 1. The van der Waals surface area contributed by atoms with Crippen molar-refractivity contribution >= 4 is 33.2 Å². The van der Waals surface area contributed by atoms with Crippen LogP contribution in [0.3, 0.4) is 0 Å². The zero-order valence-electron chi connectivity index (χ0n) is 22.5. The van der Waals surface area contributed by atoms with Crippen LogP contribution in [-0.4, -0.2) is 42.2 Å². The van der Waals surface area contributed by atoms with E-state index >= 15 is 0 Å². The highest BCUT2D eigenvalue weighted by Crippen LogP contribution is 2.47. The van der Waals surface area contributed by atoms with Crippen molar-refractivity contribution in [2.45, 2.75) is 36.1 Å². The average Bonchev–Trinajstić information content (AvgIpc) is 2.99. The molecule has 0 aliphatic carbocycles. The number of halogens is 1. The molecule has 0 N–H and O–H groups in total. The Morgan fingerprint density at radius 1 is 0.732 bits per heavy atom. The van der Waals surface area contributed by atoms with Crippen LogP contribution < -0.4 is 0 Å². The molecule has 4 aromatic rings. The van der Waals surface area contributed by atoms with Crippen LogP contribution in [0, 0.1) is 0 Å². The predicted molar refractivity (Wildman–Crippen MR) is 159 cm³/mol. The SMILES string of the molecule is CCOC(=O)C1C(c2ccccc2)N(Cc2ccccc2)C(c2ccccc2)C(C(=O)c2ccc(Cl)cc2)S1(=O)=O. The second-order valence-corrected chi connectivity index (χ2v) is 12.6. The Morgan fingerprint density at radius 3 is 1.73 bits per heavy atom. The second-order valence-electron chi connectivity index (χ2n) is 9.92. The van der Waals surface area contributed by atoms with Crippen LogP contribution in [-0.2, 0) is 25.9 Å². The molecule has 1 saturated heterocycles. The molecular weight excluding hydrogens is 558 g/mol. The van der Waals surface area contributed by atoms with Crippen LogP contribution in [0.5, 0.6) is 0 Å². The number of nitrogens with zero attached hydrogens (tertiary/aromatic N) is 1. The molecule has 4 unspecified atom stereocenters. The van der Waals surface area contributed by atoms with E-state index < -0.39 is 44.2 Å². The molecule has 0 amide bonds. The molecule has 1 aliphatic heterocycles. The van der Waals surface area contributed by atoms with Gasteiger partial charge in [0.25, 0.3) is 0 Å². The van der Waals surface area contributed by atoms with Crippen molar-refractivity contribution in [1.82, 2.24) is 4.90 Å². The van der Waals surface area contributed by atoms with Gasteiger partial charge in [0.05, 0.1) is 18.7 Å². The molecule has 4 atom stereocenters.